The molecule has 2 unspecified atom stereocenters. The van der Waals surface area contributed by atoms with Gasteiger partial charge in [0.1, 0.15) is 0 Å². The fourth-order valence-corrected chi connectivity index (χ4v) is 4.52. The van der Waals surface area contributed by atoms with Gasteiger partial charge in [0, 0.05) is 26.4 Å². The lowest BCUT2D eigenvalue weighted by atomic mass is 9.83. The number of hydrogen-bond donors (Lipinski definition) is 2. The van der Waals surface area contributed by atoms with Gasteiger partial charge in [0.15, 0.2) is 0 Å². The SMILES string of the molecule is CCCC[C@H](O)C1C2CC(CCCCC(=O)N(C)C)=C[C@H]2C[C@H]1O. The molecule has 24 heavy (non-hydrogen) atoms. The van der Waals surface area contributed by atoms with Crippen LogP contribution in [0.15, 0.2) is 11.6 Å². The van der Waals surface area contributed by atoms with Gasteiger partial charge in [0.05, 0.1) is 12.2 Å². The number of carbonyl (C=O) groups excluding carboxylic acids is 1. The normalized spacial score (nSPS) is 30.1. The molecular weight excluding hydrogens is 302 g/mol. The molecule has 2 N–H and O–H groups in total. The van der Waals surface area contributed by atoms with Crippen molar-refractivity contribution in [1.29, 1.82) is 0 Å². The minimum atomic E-state index is -0.361. The van der Waals surface area contributed by atoms with E-state index in [0.29, 0.717) is 18.3 Å². The van der Waals surface area contributed by atoms with E-state index < -0.39 is 0 Å². The number of unbranched alkanes of at least 4 members (excludes halogenated alkanes) is 2. The van der Waals surface area contributed by atoms with Crippen molar-refractivity contribution in [3.05, 3.63) is 11.6 Å². The van der Waals surface area contributed by atoms with Crippen molar-refractivity contribution in [1.82, 2.24) is 4.90 Å². The van der Waals surface area contributed by atoms with Gasteiger partial charge in [0.25, 0.3) is 0 Å². The van der Waals surface area contributed by atoms with Gasteiger partial charge >= 0.3 is 0 Å². The van der Waals surface area contributed by atoms with Crippen molar-refractivity contribution < 1.29 is 15.0 Å². The molecule has 1 saturated carbocycles. The van der Waals surface area contributed by atoms with Gasteiger partial charge < -0.3 is 15.1 Å². The number of amides is 1. The average Bonchev–Trinajstić information content (AvgIpc) is 3.04. The van der Waals surface area contributed by atoms with Crippen molar-refractivity contribution in [2.75, 3.05) is 14.1 Å². The maximum atomic E-state index is 11.6. The number of nitrogens with zero attached hydrogens (tertiary/aromatic N) is 1. The van der Waals surface area contributed by atoms with Crippen molar-refractivity contribution in [3.63, 3.8) is 0 Å². The highest BCUT2D eigenvalue weighted by molar-refractivity contribution is 5.75. The summed E-state index contributed by atoms with van der Waals surface area (Å²) in [6, 6.07) is 0. The second-order valence-electron chi connectivity index (χ2n) is 7.94. The second-order valence-corrected chi connectivity index (χ2v) is 7.94. The number of allylic oxidation sites excluding steroid dienone is 2. The highest BCUT2D eigenvalue weighted by Gasteiger charge is 2.47. The molecular formula is C20H35NO3. The summed E-state index contributed by atoms with van der Waals surface area (Å²) in [5, 5.41) is 20.8. The van der Waals surface area contributed by atoms with Crippen molar-refractivity contribution >= 4 is 5.91 Å². The van der Waals surface area contributed by atoms with Gasteiger partial charge in [-0.2, -0.15) is 0 Å². The van der Waals surface area contributed by atoms with E-state index in [2.05, 4.69) is 13.0 Å². The van der Waals surface area contributed by atoms with E-state index in [1.807, 2.05) is 0 Å². The average molecular weight is 338 g/mol. The maximum absolute atomic E-state index is 11.6. The van der Waals surface area contributed by atoms with Crippen LogP contribution in [-0.4, -0.2) is 47.3 Å². The van der Waals surface area contributed by atoms with Gasteiger partial charge in [-0.15, -0.1) is 0 Å². The van der Waals surface area contributed by atoms with E-state index in [-0.39, 0.29) is 24.0 Å². The lowest BCUT2D eigenvalue weighted by Gasteiger charge is -2.27. The van der Waals surface area contributed by atoms with E-state index in [4.69, 9.17) is 0 Å². The van der Waals surface area contributed by atoms with Crippen LogP contribution in [0, 0.1) is 17.8 Å². The van der Waals surface area contributed by atoms with Crippen LogP contribution in [0.3, 0.4) is 0 Å². The topological polar surface area (TPSA) is 60.8 Å². The molecule has 2 rings (SSSR count). The molecule has 138 valence electrons. The summed E-state index contributed by atoms with van der Waals surface area (Å²) in [7, 11) is 3.61. The lowest BCUT2D eigenvalue weighted by Crippen LogP contribution is -2.32. The van der Waals surface area contributed by atoms with E-state index in [1.165, 1.54) is 5.57 Å². The van der Waals surface area contributed by atoms with Gasteiger partial charge in [-0.1, -0.05) is 31.4 Å². The Bertz CT molecular complexity index is 446. The van der Waals surface area contributed by atoms with Crippen molar-refractivity contribution in [2.45, 2.75) is 76.9 Å². The zero-order chi connectivity index (χ0) is 17.7. The summed E-state index contributed by atoms with van der Waals surface area (Å²) in [5.41, 5.74) is 1.47. The third kappa shape index (κ3) is 4.82. The molecule has 0 aromatic carbocycles. The fraction of sp³-hybridized carbons (Fsp3) is 0.850. The molecule has 0 radical (unpaired) electrons. The number of carbonyl (C=O) groups is 1. The molecule has 0 aromatic heterocycles. The van der Waals surface area contributed by atoms with Gasteiger partial charge in [0.2, 0.25) is 5.91 Å². The number of aliphatic hydroxyl groups is 2. The Morgan fingerprint density at radius 1 is 1.33 bits per heavy atom. The third-order valence-electron chi connectivity index (χ3n) is 5.89. The van der Waals surface area contributed by atoms with Gasteiger partial charge in [-0.3, -0.25) is 4.79 Å². The molecule has 1 fully saturated rings. The standard InChI is InChI=1S/C20H35NO3/c1-4-5-9-17(22)20-16-12-14(11-15(16)13-18(20)23)8-6-7-10-19(24)21(2)3/h11,15-18,20,22-23H,4-10,12-13H2,1-3H3/t15-,16?,17-,18+,20?/m0/s1. The van der Waals surface area contributed by atoms with Crippen LogP contribution in [0.5, 0.6) is 0 Å². The Balaban J connectivity index is 1.78. The number of fused-ring (bicyclic) bond motifs is 1. The molecule has 0 bridgehead atoms. The Morgan fingerprint density at radius 2 is 2.08 bits per heavy atom. The first kappa shape index (κ1) is 19.5. The number of hydrogen-bond acceptors (Lipinski definition) is 3. The summed E-state index contributed by atoms with van der Waals surface area (Å²) in [6.07, 6.45) is 10.1. The maximum Gasteiger partial charge on any atom is 0.222 e. The van der Waals surface area contributed by atoms with Crippen LogP contribution in [0.25, 0.3) is 0 Å². The van der Waals surface area contributed by atoms with E-state index in [1.54, 1.807) is 19.0 Å². The largest absolute Gasteiger partial charge is 0.393 e. The minimum absolute atomic E-state index is 0.0469. The Morgan fingerprint density at radius 3 is 2.75 bits per heavy atom. The molecule has 0 spiro atoms. The van der Waals surface area contributed by atoms with Crippen molar-refractivity contribution in [2.24, 2.45) is 17.8 Å². The molecule has 4 nitrogen and oxygen atoms in total. The molecule has 0 aromatic rings. The van der Waals surface area contributed by atoms with Crippen molar-refractivity contribution in [3.8, 4) is 0 Å². The van der Waals surface area contributed by atoms with E-state index in [0.717, 1.165) is 51.4 Å². The van der Waals surface area contributed by atoms with Crippen LogP contribution in [0.4, 0.5) is 0 Å². The molecule has 2 aliphatic rings. The molecule has 4 heteroatoms. The van der Waals surface area contributed by atoms with Crippen LogP contribution in [0.2, 0.25) is 0 Å². The summed E-state index contributed by atoms with van der Waals surface area (Å²) < 4.78 is 0. The summed E-state index contributed by atoms with van der Waals surface area (Å²) in [4.78, 5) is 13.3. The fourth-order valence-electron chi connectivity index (χ4n) is 4.52. The minimum Gasteiger partial charge on any atom is -0.393 e. The Labute approximate surface area is 146 Å². The second kappa shape index (κ2) is 9.00. The molecule has 2 aliphatic carbocycles. The van der Waals surface area contributed by atoms with Crippen LogP contribution >= 0.6 is 0 Å². The first-order chi connectivity index (χ1) is 11.4. The molecule has 5 atom stereocenters. The lowest BCUT2D eigenvalue weighted by molar-refractivity contribution is -0.128. The van der Waals surface area contributed by atoms with E-state index >= 15 is 0 Å². The summed E-state index contributed by atoms with van der Waals surface area (Å²) >= 11 is 0. The third-order valence-corrected chi connectivity index (χ3v) is 5.89. The first-order valence-corrected chi connectivity index (χ1v) is 9.69. The highest BCUT2D eigenvalue weighted by atomic mass is 16.3. The van der Waals surface area contributed by atoms with Crippen LogP contribution in [-0.2, 0) is 4.79 Å². The quantitative estimate of drug-likeness (QED) is 0.502. The van der Waals surface area contributed by atoms with E-state index in [9.17, 15) is 15.0 Å². The highest BCUT2D eigenvalue weighted by Crippen LogP contribution is 2.49. The molecule has 0 saturated heterocycles. The predicted molar refractivity (Wildman–Crippen MR) is 96.5 cm³/mol. The zero-order valence-corrected chi connectivity index (χ0v) is 15.6. The molecule has 0 aliphatic heterocycles. The Hall–Kier alpha value is -0.870. The smallest absolute Gasteiger partial charge is 0.222 e. The summed E-state index contributed by atoms with van der Waals surface area (Å²) in [6.45, 7) is 2.14. The Kier molecular flexibility index (Phi) is 7.30. The van der Waals surface area contributed by atoms with Crippen LogP contribution < -0.4 is 0 Å². The molecule has 0 heterocycles. The number of aliphatic hydroxyl groups excluding tert-OH is 2. The monoisotopic (exact) mass is 337 g/mol. The first-order valence-electron chi connectivity index (χ1n) is 9.69. The van der Waals surface area contributed by atoms with Crippen LogP contribution in [0.1, 0.15) is 64.7 Å². The molecule has 1 amide bonds. The summed E-state index contributed by atoms with van der Waals surface area (Å²) in [5.74, 6) is 1.12. The predicted octanol–water partition coefficient (Wildman–Crippen LogP) is 3.13. The zero-order valence-electron chi connectivity index (χ0n) is 15.6. The van der Waals surface area contributed by atoms with Gasteiger partial charge in [-0.05, 0) is 50.4 Å². The number of rotatable bonds is 9. The van der Waals surface area contributed by atoms with Gasteiger partial charge in [-0.25, -0.2) is 0 Å².